The molecule has 164 valence electrons. The molecule has 1 amide bonds. The molecule has 1 heterocycles. The van der Waals surface area contributed by atoms with Crippen LogP contribution in [-0.2, 0) is 22.0 Å². The van der Waals surface area contributed by atoms with Gasteiger partial charge < -0.3 is 16.4 Å². The van der Waals surface area contributed by atoms with E-state index in [0.29, 0.717) is 0 Å². The van der Waals surface area contributed by atoms with E-state index in [9.17, 15) is 24.0 Å². The Kier molecular flexibility index (Phi) is 8.47. The predicted octanol–water partition coefficient (Wildman–Crippen LogP) is 0.477. The normalized spacial score (nSPS) is 11.1. The fourth-order valence-corrected chi connectivity index (χ4v) is 2.55. The molecule has 0 aliphatic rings. The lowest BCUT2D eigenvalue weighted by Crippen LogP contribution is -2.41. The number of hydrazone groups is 1. The molecular weight excluding hydrogens is 412 g/mol. The number of alkyl halides is 2. The van der Waals surface area contributed by atoms with Crippen molar-refractivity contribution < 1.29 is 23.1 Å². The summed E-state index contributed by atoms with van der Waals surface area (Å²) in [7, 11) is 0. The van der Waals surface area contributed by atoms with Crippen LogP contribution in [0.3, 0.4) is 0 Å². The van der Waals surface area contributed by atoms with Crippen molar-refractivity contribution in [1.82, 2.24) is 10.8 Å². The second-order valence-electron chi connectivity index (χ2n) is 6.18. The van der Waals surface area contributed by atoms with Crippen molar-refractivity contribution in [2.24, 2.45) is 10.9 Å². The zero-order valence-electron chi connectivity index (χ0n) is 16.3. The number of hydrogen-bond donors (Lipinski definition) is 4. The van der Waals surface area contributed by atoms with E-state index in [1.807, 2.05) is 6.07 Å². The van der Waals surface area contributed by atoms with E-state index in [1.165, 1.54) is 36.4 Å². The van der Waals surface area contributed by atoms with Gasteiger partial charge in [-0.05, 0) is 6.07 Å². The van der Waals surface area contributed by atoms with Crippen LogP contribution in [0.4, 0.5) is 14.6 Å². The Bertz CT molecular complexity index is 950. The number of pyridine rings is 1. The summed E-state index contributed by atoms with van der Waals surface area (Å²) in [5, 5.41) is 29.9. The average Bonchev–Trinajstić information content (AvgIpc) is 2.77. The summed E-state index contributed by atoms with van der Waals surface area (Å²) in [5.41, 5.74) is 1.89. The van der Waals surface area contributed by atoms with Crippen LogP contribution in [0.5, 0.6) is 0 Å². The van der Waals surface area contributed by atoms with Crippen LogP contribution in [0, 0.1) is 16.5 Å². The van der Waals surface area contributed by atoms with Gasteiger partial charge in [-0.1, -0.05) is 30.3 Å². The van der Waals surface area contributed by atoms with Crippen LogP contribution < -0.4 is 26.7 Å². The lowest BCUT2D eigenvalue weighted by Gasteiger charge is -2.18. The molecule has 0 fully saturated rings. The van der Waals surface area contributed by atoms with Crippen molar-refractivity contribution in [3.05, 3.63) is 64.5 Å². The van der Waals surface area contributed by atoms with Crippen LogP contribution >= 0.6 is 0 Å². The third-order valence-electron chi connectivity index (χ3n) is 4.06. The first-order valence-corrected chi connectivity index (χ1v) is 9.07. The number of benzene rings is 1. The number of carbonyl (C=O) groups is 1. The van der Waals surface area contributed by atoms with Gasteiger partial charge in [-0.15, -0.1) is 0 Å². The maximum Gasteiger partial charge on any atom is 0.309 e. The Balaban J connectivity index is 2.03. The molecule has 0 saturated heterocycles. The van der Waals surface area contributed by atoms with Gasteiger partial charge in [0.1, 0.15) is 18.1 Å². The molecule has 0 bridgehead atoms. The van der Waals surface area contributed by atoms with Crippen LogP contribution in [-0.4, -0.2) is 31.9 Å². The van der Waals surface area contributed by atoms with Crippen molar-refractivity contribution in [3.63, 3.8) is 0 Å². The molecular formula is C19H21F2N7O3. The van der Waals surface area contributed by atoms with Gasteiger partial charge in [0.05, 0.1) is 18.6 Å². The summed E-state index contributed by atoms with van der Waals surface area (Å²) in [6.45, 7) is -0.657. The number of nitrogens with zero attached hydrogens (tertiary/aromatic N) is 3. The molecule has 1 aromatic carbocycles. The Hall–Kier alpha value is -3.98. The van der Waals surface area contributed by atoms with Crippen LogP contribution in [0.1, 0.15) is 16.8 Å². The van der Waals surface area contributed by atoms with Crippen molar-refractivity contribution in [2.75, 3.05) is 25.0 Å². The predicted molar refractivity (Wildman–Crippen MR) is 107 cm³/mol. The molecule has 0 atom stereocenters. The van der Waals surface area contributed by atoms with Crippen molar-refractivity contribution in [1.29, 1.82) is 5.26 Å². The van der Waals surface area contributed by atoms with Crippen LogP contribution in [0.2, 0.25) is 0 Å². The third kappa shape index (κ3) is 6.79. The van der Waals surface area contributed by atoms with Crippen LogP contribution in [0.25, 0.3) is 0 Å². The van der Waals surface area contributed by atoms with E-state index in [-0.39, 0.29) is 40.5 Å². The second kappa shape index (κ2) is 11.3. The number of nitrogens with one attached hydrogen (secondary N) is 3. The monoisotopic (exact) mass is 433 g/mol. The lowest BCUT2D eigenvalue weighted by atomic mass is 10.1. The number of aromatic nitrogens is 1. The van der Waals surface area contributed by atoms with E-state index >= 15 is 0 Å². The quantitative estimate of drug-likeness (QED) is 0.0765. The molecule has 2 aromatic rings. The van der Waals surface area contributed by atoms with E-state index in [2.05, 4.69) is 21.2 Å². The molecule has 0 unspecified atom stereocenters. The van der Waals surface area contributed by atoms with Crippen molar-refractivity contribution >= 4 is 18.1 Å². The highest BCUT2D eigenvalue weighted by molar-refractivity contribution is 5.78. The zero-order chi connectivity index (χ0) is 22.7. The van der Waals surface area contributed by atoms with E-state index in [0.717, 1.165) is 6.34 Å². The van der Waals surface area contributed by atoms with Crippen molar-refractivity contribution in [2.45, 2.75) is 12.3 Å². The summed E-state index contributed by atoms with van der Waals surface area (Å²) >= 11 is 0. The Labute approximate surface area is 176 Å². The van der Waals surface area contributed by atoms with Gasteiger partial charge in [0.2, 0.25) is 5.91 Å². The van der Waals surface area contributed by atoms with Crippen LogP contribution in [0.15, 0.2) is 47.6 Å². The molecule has 0 aliphatic heterocycles. The molecule has 2 rings (SSSR count). The summed E-state index contributed by atoms with van der Waals surface area (Å²) < 4.78 is 29.0. The number of carbonyl (C=O) groups excluding carboxylic acids is 1. The number of halogens is 2. The summed E-state index contributed by atoms with van der Waals surface area (Å²) in [6, 6.07) is 11.5. The first kappa shape index (κ1) is 23.3. The second-order valence-corrected chi connectivity index (χ2v) is 6.18. The molecule has 31 heavy (non-hydrogen) atoms. The van der Waals surface area contributed by atoms with Gasteiger partial charge in [0.15, 0.2) is 6.54 Å². The van der Waals surface area contributed by atoms with Gasteiger partial charge in [-0.25, -0.2) is 4.73 Å². The SMILES string of the molecule is N#Cc1ccc(NCC(F)(F)c2ccccc2)[n+]([O-])c1CC(=O)NCCONC=NN. The topological polar surface area (TPSA) is 152 Å². The van der Waals surface area contributed by atoms with Gasteiger partial charge in [0, 0.05) is 18.2 Å². The van der Waals surface area contributed by atoms with Gasteiger partial charge in [0.25, 0.3) is 5.82 Å². The standard InChI is InChI=1S/C19H21F2N7O3/c20-19(21,15-4-2-1-3-5-15)12-25-17-7-6-14(11-22)16(28(17)30)10-18(29)24-8-9-31-27-13-26-23/h1-7,13,25H,8-10,12,23H2,(H,24,29)(H,26,27). The van der Waals surface area contributed by atoms with E-state index in [4.69, 9.17) is 10.7 Å². The summed E-state index contributed by atoms with van der Waals surface area (Å²) in [6.07, 6.45) is 0.676. The number of nitrogens with two attached hydrogens (primary N) is 1. The summed E-state index contributed by atoms with van der Waals surface area (Å²) in [5.74, 6) is 0.870. The average molecular weight is 433 g/mol. The minimum atomic E-state index is -3.23. The number of nitriles is 1. The largest absolute Gasteiger partial charge is 0.710 e. The highest BCUT2D eigenvalue weighted by Crippen LogP contribution is 2.27. The molecule has 10 nitrogen and oxygen atoms in total. The first-order chi connectivity index (χ1) is 14.9. The molecule has 5 N–H and O–H groups in total. The summed E-state index contributed by atoms with van der Waals surface area (Å²) in [4.78, 5) is 17.0. The Morgan fingerprint density at radius 1 is 1.32 bits per heavy atom. The third-order valence-corrected chi connectivity index (χ3v) is 4.06. The number of amides is 1. The van der Waals surface area contributed by atoms with Gasteiger partial charge >= 0.3 is 5.92 Å². The molecule has 1 aromatic heterocycles. The van der Waals surface area contributed by atoms with Crippen molar-refractivity contribution in [3.8, 4) is 6.07 Å². The number of anilines is 1. The fourth-order valence-electron chi connectivity index (χ4n) is 2.55. The maximum atomic E-state index is 14.4. The minimum absolute atomic E-state index is 0.0393. The number of hydrogen-bond acceptors (Lipinski definition) is 7. The van der Waals surface area contributed by atoms with Gasteiger partial charge in [-0.2, -0.15) is 19.1 Å². The first-order valence-electron chi connectivity index (χ1n) is 9.07. The smallest absolute Gasteiger partial charge is 0.309 e. The fraction of sp³-hybridized carbons (Fsp3) is 0.263. The number of hydroxylamine groups is 1. The zero-order valence-corrected chi connectivity index (χ0v) is 16.3. The Morgan fingerprint density at radius 3 is 2.74 bits per heavy atom. The molecule has 0 saturated carbocycles. The molecule has 0 radical (unpaired) electrons. The lowest BCUT2D eigenvalue weighted by molar-refractivity contribution is -0.598. The van der Waals surface area contributed by atoms with E-state index < -0.39 is 24.8 Å². The molecule has 0 aliphatic carbocycles. The van der Waals surface area contributed by atoms with Gasteiger partial charge in [-0.3, -0.25) is 20.4 Å². The van der Waals surface area contributed by atoms with E-state index in [1.54, 1.807) is 6.07 Å². The Morgan fingerprint density at radius 2 is 2.06 bits per heavy atom. The maximum absolute atomic E-state index is 14.4. The molecule has 12 heteroatoms. The highest BCUT2D eigenvalue weighted by Gasteiger charge is 2.34. The number of rotatable bonds is 11. The highest BCUT2D eigenvalue weighted by atomic mass is 19.3. The minimum Gasteiger partial charge on any atom is -0.710 e. The molecule has 0 spiro atoms.